The highest BCUT2D eigenvalue weighted by Gasteiger charge is 2.07. The van der Waals surface area contributed by atoms with E-state index in [0.29, 0.717) is 10.4 Å². The van der Waals surface area contributed by atoms with Crippen molar-refractivity contribution in [3.63, 3.8) is 0 Å². The zero-order chi connectivity index (χ0) is 9.14. The van der Waals surface area contributed by atoms with Crippen molar-refractivity contribution in [1.29, 1.82) is 0 Å². The lowest BCUT2D eigenvalue weighted by molar-refractivity contribution is 0.230. The molecule has 0 saturated heterocycles. The lowest BCUT2D eigenvalue weighted by Gasteiger charge is -2.08. The highest BCUT2D eigenvalue weighted by atomic mass is 79.9. The van der Waals surface area contributed by atoms with Crippen molar-refractivity contribution in [2.24, 2.45) is 0 Å². The third-order valence-electron chi connectivity index (χ3n) is 1.11. The van der Waals surface area contributed by atoms with Gasteiger partial charge in [-0.05, 0) is 29.8 Å². The second-order valence-electron chi connectivity index (χ2n) is 2.52. The van der Waals surface area contributed by atoms with Gasteiger partial charge in [-0.15, -0.1) is 0 Å². The normalized spacial score (nSPS) is 10.3. The Labute approximate surface area is 78.1 Å². The molecule has 0 radical (unpaired) electrons. The number of hydrogen-bond acceptors (Lipinski definition) is 3. The molecule has 0 aliphatic carbocycles. The van der Waals surface area contributed by atoms with E-state index in [1.165, 1.54) is 6.33 Å². The lowest BCUT2D eigenvalue weighted by atomic mass is 10.5. The van der Waals surface area contributed by atoms with E-state index < -0.39 is 0 Å². The smallest absolute Gasteiger partial charge is 0.268 e. The molecule has 0 fully saturated rings. The van der Waals surface area contributed by atoms with Gasteiger partial charge in [0.25, 0.3) is 5.56 Å². The Hall–Kier alpha value is -0.840. The fourth-order valence-electron chi connectivity index (χ4n) is 0.672. The minimum atomic E-state index is -0.236. The molecule has 0 aliphatic heterocycles. The van der Waals surface area contributed by atoms with Crippen LogP contribution < -0.4 is 10.3 Å². The lowest BCUT2D eigenvalue weighted by Crippen LogP contribution is -2.13. The van der Waals surface area contributed by atoms with E-state index in [-0.39, 0.29) is 11.7 Å². The molecule has 12 heavy (non-hydrogen) atoms. The molecule has 0 unspecified atom stereocenters. The van der Waals surface area contributed by atoms with Crippen LogP contribution in [0.4, 0.5) is 0 Å². The number of rotatable bonds is 2. The second-order valence-corrected chi connectivity index (χ2v) is 3.31. The van der Waals surface area contributed by atoms with Crippen LogP contribution in [0.2, 0.25) is 0 Å². The molecule has 0 spiro atoms. The Morgan fingerprint density at radius 2 is 2.33 bits per heavy atom. The van der Waals surface area contributed by atoms with Gasteiger partial charge in [0.1, 0.15) is 4.47 Å². The number of aromatic amines is 1. The van der Waals surface area contributed by atoms with E-state index in [1.807, 2.05) is 13.8 Å². The highest BCUT2D eigenvalue weighted by molar-refractivity contribution is 9.10. The van der Waals surface area contributed by atoms with E-state index in [4.69, 9.17) is 4.74 Å². The summed E-state index contributed by atoms with van der Waals surface area (Å²) in [6.07, 6.45) is 1.32. The van der Waals surface area contributed by atoms with Crippen molar-refractivity contribution in [2.45, 2.75) is 20.0 Å². The van der Waals surface area contributed by atoms with Crippen LogP contribution in [-0.2, 0) is 0 Å². The average molecular weight is 233 g/mol. The number of aromatic nitrogens is 2. The SMILES string of the molecule is CC(C)Oc1nc[nH]c(=O)c1Br. The second kappa shape index (κ2) is 3.71. The van der Waals surface area contributed by atoms with Gasteiger partial charge in [-0.25, -0.2) is 4.98 Å². The minimum absolute atomic E-state index is 0.00981. The monoisotopic (exact) mass is 232 g/mol. The van der Waals surface area contributed by atoms with Gasteiger partial charge in [-0.3, -0.25) is 4.79 Å². The van der Waals surface area contributed by atoms with Crippen molar-refractivity contribution < 1.29 is 4.74 Å². The Morgan fingerprint density at radius 3 is 2.92 bits per heavy atom. The predicted molar refractivity (Wildman–Crippen MR) is 48.3 cm³/mol. The topological polar surface area (TPSA) is 55.0 Å². The van der Waals surface area contributed by atoms with Crippen molar-refractivity contribution in [2.75, 3.05) is 0 Å². The van der Waals surface area contributed by atoms with Crippen LogP contribution in [0, 0.1) is 0 Å². The van der Waals surface area contributed by atoms with E-state index in [2.05, 4.69) is 25.9 Å². The molecule has 0 aliphatic rings. The first-order valence-electron chi connectivity index (χ1n) is 3.51. The van der Waals surface area contributed by atoms with Gasteiger partial charge in [0, 0.05) is 0 Å². The fourth-order valence-corrected chi connectivity index (χ4v) is 0.982. The summed E-state index contributed by atoms with van der Waals surface area (Å²) in [4.78, 5) is 17.3. The number of H-pyrrole nitrogens is 1. The Bertz CT molecular complexity index is 321. The summed E-state index contributed by atoms with van der Waals surface area (Å²) in [5, 5.41) is 0. The van der Waals surface area contributed by atoms with E-state index in [1.54, 1.807) is 0 Å². The van der Waals surface area contributed by atoms with Gasteiger partial charge in [-0.2, -0.15) is 0 Å². The number of nitrogens with zero attached hydrogens (tertiary/aromatic N) is 1. The third-order valence-corrected chi connectivity index (χ3v) is 1.81. The van der Waals surface area contributed by atoms with Crippen molar-refractivity contribution in [1.82, 2.24) is 9.97 Å². The average Bonchev–Trinajstić information content (AvgIpc) is 1.98. The fraction of sp³-hybridized carbons (Fsp3) is 0.429. The van der Waals surface area contributed by atoms with Gasteiger partial charge < -0.3 is 9.72 Å². The molecule has 1 aromatic rings. The Balaban J connectivity index is 3.00. The molecular weight excluding hydrogens is 224 g/mol. The first-order chi connectivity index (χ1) is 5.61. The molecule has 1 heterocycles. The van der Waals surface area contributed by atoms with Gasteiger partial charge in [-0.1, -0.05) is 0 Å². The van der Waals surface area contributed by atoms with E-state index >= 15 is 0 Å². The van der Waals surface area contributed by atoms with Gasteiger partial charge >= 0.3 is 0 Å². The molecular formula is C7H9BrN2O2. The molecule has 5 heteroatoms. The van der Waals surface area contributed by atoms with Crippen LogP contribution in [0.25, 0.3) is 0 Å². The highest BCUT2D eigenvalue weighted by Crippen LogP contribution is 2.16. The summed E-state index contributed by atoms with van der Waals surface area (Å²) in [7, 11) is 0. The summed E-state index contributed by atoms with van der Waals surface area (Å²) < 4.78 is 5.58. The molecule has 0 amide bonds. The maximum atomic E-state index is 11.0. The predicted octanol–water partition coefficient (Wildman–Crippen LogP) is 1.32. The summed E-state index contributed by atoms with van der Waals surface area (Å²) in [5.41, 5.74) is -0.236. The first kappa shape index (κ1) is 9.25. The molecule has 1 aromatic heterocycles. The Morgan fingerprint density at radius 1 is 1.67 bits per heavy atom. The Kier molecular flexibility index (Phi) is 2.86. The van der Waals surface area contributed by atoms with Crippen molar-refractivity contribution >= 4 is 15.9 Å². The molecule has 66 valence electrons. The van der Waals surface area contributed by atoms with Crippen LogP contribution in [0.5, 0.6) is 5.88 Å². The zero-order valence-electron chi connectivity index (χ0n) is 6.80. The maximum Gasteiger partial charge on any atom is 0.268 e. The van der Waals surface area contributed by atoms with E-state index in [0.717, 1.165) is 0 Å². The molecule has 1 rings (SSSR count). The van der Waals surface area contributed by atoms with E-state index in [9.17, 15) is 4.79 Å². The van der Waals surface area contributed by atoms with Crippen molar-refractivity contribution in [3.05, 3.63) is 21.2 Å². The molecule has 0 saturated carbocycles. The van der Waals surface area contributed by atoms with Crippen LogP contribution in [0.3, 0.4) is 0 Å². The van der Waals surface area contributed by atoms with Gasteiger partial charge in [0.05, 0.1) is 12.4 Å². The summed E-state index contributed by atoms with van der Waals surface area (Å²) in [5.74, 6) is 0.328. The number of ether oxygens (including phenoxy) is 1. The quantitative estimate of drug-likeness (QED) is 0.837. The van der Waals surface area contributed by atoms with Crippen LogP contribution in [0.15, 0.2) is 15.6 Å². The summed E-state index contributed by atoms with van der Waals surface area (Å²) >= 11 is 3.08. The van der Waals surface area contributed by atoms with Crippen LogP contribution >= 0.6 is 15.9 Å². The number of halogens is 1. The minimum Gasteiger partial charge on any atom is -0.474 e. The molecule has 0 aromatic carbocycles. The standard InChI is InChI=1S/C7H9BrN2O2/c1-4(2)12-7-5(8)6(11)9-3-10-7/h3-4H,1-2H3,(H,9,10,11). The number of nitrogens with one attached hydrogen (secondary N) is 1. The van der Waals surface area contributed by atoms with Crippen molar-refractivity contribution in [3.8, 4) is 5.88 Å². The summed E-state index contributed by atoms with van der Waals surface area (Å²) in [6, 6.07) is 0. The zero-order valence-corrected chi connectivity index (χ0v) is 8.38. The van der Waals surface area contributed by atoms with Crippen LogP contribution in [-0.4, -0.2) is 16.1 Å². The third kappa shape index (κ3) is 2.07. The summed E-state index contributed by atoms with van der Waals surface area (Å²) in [6.45, 7) is 3.74. The molecule has 0 bridgehead atoms. The molecule has 4 nitrogen and oxygen atoms in total. The van der Waals surface area contributed by atoms with Crippen LogP contribution in [0.1, 0.15) is 13.8 Å². The largest absolute Gasteiger partial charge is 0.474 e. The molecule has 0 atom stereocenters. The first-order valence-corrected chi connectivity index (χ1v) is 4.30. The molecule has 1 N–H and O–H groups in total. The van der Waals surface area contributed by atoms with Gasteiger partial charge in [0.15, 0.2) is 0 Å². The van der Waals surface area contributed by atoms with Gasteiger partial charge in [0.2, 0.25) is 5.88 Å². The number of hydrogen-bond donors (Lipinski definition) is 1. The maximum absolute atomic E-state index is 11.0.